The lowest BCUT2D eigenvalue weighted by atomic mass is 9.84. The van der Waals surface area contributed by atoms with Gasteiger partial charge in [0.2, 0.25) is 0 Å². The van der Waals surface area contributed by atoms with E-state index < -0.39 is 0 Å². The molecule has 1 aliphatic heterocycles. The van der Waals surface area contributed by atoms with E-state index in [-0.39, 0.29) is 10.8 Å². The number of halogens is 1. The van der Waals surface area contributed by atoms with Crippen LogP contribution in [0.3, 0.4) is 0 Å². The van der Waals surface area contributed by atoms with E-state index in [0.29, 0.717) is 11.7 Å². The number of phenols is 1. The Balaban J connectivity index is 2.35. The second kappa shape index (κ2) is 5.06. The average Bonchev–Trinajstić information content (AvgIpc) is 2.75. The first-order valence-corrected chi connectivity index (χ1v) is 8.29. The zero-order valence-electron chi connectivity index (χ0n) is 13.9. The molecule has 2 aromatic rings. The number of anilines is 1. The molecule has 2 nitrogen and oxygen atoms in total. The van der Waals surface area contributed by atoms with Crippen LogP contribution in [0, 0.1) is 0 Å². The van der Waals surface area contributed by atoms with Crippen molar-refractivity contribution in [3.05, 3.63) is 35.4 Å². The van der Waals surface area contributed by atoms with Crippen LogP contribution in [0.15, 0.2) is 24.3 Å². The van der Waals surface area contributed by atoms with E-state index in [1.54, 1.807) is 0 Å². The van der Waals surface area contributed by atoms with E-state index in [9.17, 15) is 5.11 Å². The molecule has 0 fully saturated rings. The maximum atomic E-state index is 10.4. The van der Waals surface area contributed by atoms with Gasteiger partial charge in [-0.3, -0.25) is 0 Å². The molecule has 2 atom stereocenters. The highest BCUT2D eigenvalue weighted by molar-refractivity contribution is 6.21. The standard InChI is InChI=1S/C19H24ClNO/c1-11(20)15-10-21(5)16-9-17(22)13-7-6-12(19(2,3)4)8-14(13)18(15)16/h6-9,11,15,22H,10H2,1-5H3/t11-,15+/m1/s1. The molecule has 0 saturated heterocycles. The highest BCUT2D eigenvalue weighted by atomic mass is 35.5. The molecule has 0 aromatic heterocycles. The number of hydrogen-bond donors (Lipinski definition) is 1. The van der Waals surface area contributed by atoms with Crippen LogP contribution < -0.4 is 4.90 Å². The van der Waals surface area contributed by atoms with E-state index >= 15 is 0 Å². The van der Waals surface area contributed by atoms with Gasteiger partial charge in [0.25, 0.3) is 0 Å². The molecule has 118 valence electrons. The van der Waals surface area contributed by atoms with Crippen LogP contribution >= 0.6 is 11.6 Å². The smallest absolute Gasteiger partial charge is 0.125 e. The molecule has 0 saturated carbocycles. The summed E-state index contributed by atoms with van der Waals surface area (Å²) in [6.45, 7) is 9.60. The van der Waals surface area contributed by atoms with Crippen molar-refractivity contribution in [3.63, 3.8) is 0 Å². The van der Waals surface area contributed by atoms with Gasteiger partial charge >= 0.3 is 0 Å². The Morgan fingerprint density at radius 3 is 2.50 bits per heavy atom. The first-order chi connectivity index (χ1) is 10.2. The van der Waals surface area contributed by atoms with E-state index in [0.717, 1.165) is 23.0 Å². The fourth-order valence-electron chi connectivity index (χ4n) is 3.45. The van der Waals surface area contributed by atoms with Crippen LogP contribution in [0.5, 0.6) is 5.75 Å². The van der Waals surface area contributed by atoms with E-state index in [4.69, 9.17) is 11.6 Å². The molecule has 0 spiro atoms. The van der Waals surface area contributed by atoms with E-state index in [1.165, 1.54) is 11.1 Å². The minimum atomic E-state index is 0.0646. The van der Waals surface area contributed by atoms with Gasteiger partial charge in [-0.1, -0.05) is 39.0 Å². The van der Waals surface area contributed by atoms with Crippen molar-refractivity contribution in [2.24, 2.45) is 0 Å². The fraction of sp³-hybridized carbons (Fsp3) is 0.474. The highest BCUT2D eigenvalue weighted by Gasteiger charge is 2.32. The lowest BCUT2D eigenvalue weighted by molar-refractivity contribution is 0.481. The molecule has 0 unspecified atom stereocenters. The molecule has 1 aliphatic rings. The summed E-state index contributed by atoms with van der Waals surface area (Å²) < 4.78 is 0. The third kappa shape index (κ3) is 2.34. The van der Waals surface area contributed by atoms with Gasteiger partial charge in [-0.25, -0.2) is 0 Å². The maximum absolute atomic E-state index is 10.4. The lowest BCUT2D eigenvalue weighted by Crippen LogP contribution is -2.19. The Bertz CT molecular complexity index is 730. The van der Waals surface area contributed by atoms with Gasteiger partial charge in [-0.2, -0.15) is 0 Å². The van der Waals surface area contributed by atoms with Crippen molar-refractivity contribution in [2.75, 3.05) is 18.5 Å². The summed E-state index contributed by atoms with van der Waals surface area (Å²) >= 11 is 6.46. The number of nitrogens with zero attached hydrogens (tertiary/aromatic N) is 1. The van der Waals surface area contributed by atoms with Crippen LogP contribution in [0.2, 0.25) is 0 Å². The SMILES string of the molecule is C[C@@H](Cl)[C@@H]1CN(C)c2cc(O)c3ccc(C(C)(C)C)cc3c21. The van der Waals surface area contributed by atoms with Crippen molar-refractivity contribution in [2.45, 2.75) is 44.4 Å². The van der Waals surface area contributed by atoms with Crippen molar-refractivity contribution < 1.29 is 5.11 Å². The van der Waals surface area contributed by atoms with Gasteiger partial charge < -0.3 is 10.0 Å². The highest BCUT2D eigenvalue weighted by Crippen LogP contribution is 2.47. The third-order valence-electron chi connectivity index (χ3n) is 4.81. The molecule has 0 bridgehead atoms. The molecule has 0 amide bonds. The minimum absolute atomic E-state index is 0.0646. The van der Waals surface area contributed by atoms with Gasteiger partial charge in [0.15, 0.2) is 0 Å². The van der Waals surface area contributed by atoms with Crippen molar-refractivity contribution in [3.8, 4) is 5.75 Å². The number of aromatic hydroxyl groups is 1. The normalized spacial score (nSPS) is 19.5. The van der Waals surface area contributed by atoms with Crippen LogP contribution in [0.1, 0.15) is 44.7 Å². The molecular weight excluding hydrogens is 294 g/mol. The zero-order valence-corrected chi connectivity index (χ0v) is 14.7. The number of benzene rings is 2. The summed E-state index contributed by atoms with van der Waals surface area (Å²) in [5.74, 6) is 0.643. The van der Waals surface area contributed by atoms with Gasteiger partial charge in [-0.15, -0.1) is 11.6 Å². The first-order valence-electron chi connectivity index (χ1n) is 7.85. The Hall–Kier alpha value is -1.41. The number of likely N-dealkylation sites (N-methyl/N-ethyl adjacent to an activating group) is 1. The minimum Gasteiger partial charge on any atom is -0.507 e. The molecule has 3 rings (SSSR count). The molecule has 0 radical (unpaired) electrons. The summed E-state index contributed by atoms with van der Waals surface area (Å²) in [5.41, 5.74) is 3.75. The second-order valence-electron chi connectivity index (χ2n) is 7.50. The number of hydrogen-bond acceptors (Lipinski definition) is 2. The molecule has 2 aromatic carbocycles. The summed E-state index contributed by atoms with van der Waals surface area (Å²) in [4.78, 5) is 2.20. The van der Waals surface area contributed by atoms with Gasteiger partial charge in [-0.05, 0) is 28.9 Å². The quantitative estimate of drug-likeness (QED) is 0.748. The topological polar surface area (TPSA) is 23.5 Å². The van der Waals surface area contributed by atoms with Crippen molar-refractivity contribution >= 4 is 28.1 Å². The summed E-state index contributed by atoms with van der Waals surface area (Å²) in [5, 5.41) is 12.5. The summed E-state index contributed by atoms with van der Waals surface area (Å²) in [6, 6.07) is 8.28. The van der Waals surface area contributed by atoms with E-state index in [2.05, 4.69) is 51.8 Å². The average molecular weight is 318 g/mol. The van der Waals surface area contributed by atoms with Gasteiger partial charge in [0.05, 0.1) is 0 Å². The molecule has 0 aliphatic carbocycles. The third-order valence-corrected chi connectivity index (χ3v) is 5.11. The number of rotatable bonds is 1. The molecular formula is C19H24ClNO. The maximum Gasteiger partial charge on any atom is 0.125 e. The number of alkyl halides is 1. The van der Waals surface area contributed by atoms with Crippen LogP contribution in [-0.4, -0.2) is 24.1 Å². The number of phenolic OH excluding ortho intramolecular Hbond substituents is 1. The Morgan fingerprint density at radius 2 is 1.91 bits per heavy atom. The Morgan fingerprint density at radius 1 is 1.23 bits per heavy atom. The summed E-state index contributed by atoms with van der Waals surface area (Å²) in [7, 11) is 2.07. The van der Waals surface area contributed by atoms with Crippen LogP contribution in [0.4, 0.5) is 5.69 Å². The van der Waals surface area contributed by atoms with Gasteiger partial charge in [0.1, 0.15) is 5.75 Å². The predicted octanol–water partition coefficient (Wildman–Crippen LogP) is 5.00. The van der Waals surface area contributed by atoms with Crippen molar-refractivity contribution in [1.82, 2.24) is 0 Å². The zero-order chi connectivity index (χ0) is 16.2. The van der Waals surface area contributed by atoms with E-state index in [1.807, 2.05) is 12.1 Å². The van der Waals surface area contributed by atoms with Gasteiger partial charge in [0, 0.05) is 42.0 Å². The first kappa shape index (κ1) is 15.5. The Kier molecular flexibility index (Phi) is 3.56. The molecule has 22 heavy (non-hydrogen) atoms. The van der Waals surface area contributed by atoms with Crippen LogP contribution in [0.25, 0.3) is 10.8 Å². The second-order valence-corrected chi connectivity index (χ2v) is 8.19. The fourth-order valence-corrected chi connectivity index (χ4v) is 3.65. The number of fused-ring (bicyclic) bond motifs is 3. The molecule has 1 heterocycles. The Labute approximate surface area is 137 Å². The predicted molar refractivity (Wildman–Crippen MR) is 95.6 cm³/mol. The van der Waals surface area contributed by atoms with Crippen molar-refractivity contribution in [1.29, 1.82) is 0 Å². The van der Waals surface area contributed by atoms with Crippen LogP contribution in [-0.2, 0) is 5.41 Å². The molecule has 3 heteroatoms. The summed E-state index contributed by atoms with van der Waals surface area (Å²) in [6.07, 6.45) is 0. The molecule has 1 N–H and O–H groups in total. The monoisotopic (exact) mass is 317 g/mol. The largest absolute Gasteiger partial charge is 0.507 e. The lowest BCUT2D eigenvalue weighted by Gasteiger charge is -2.22.